The van der Waals surface area contributed by atoms with Gasteiger partial charge in [0.15, 0.2) is 5.16 Å². The third kappa shape index (κ3) is 2.73. The smallest absolute Gasteiger partial charge is 0.191 e. The zero-order valence-electron chi connectivity index (χ0n) is 12.4. The van der Waals surface area contributed by atoms with Gasteiger partial charge in [-0.25, -0.2) is 9.97 Å². The molecular weight excluding hydrogens is 268 g/mol. The number of hydrogen-bond acceptors (Lipinski definition) is 5. The lowest BCUT2D eigenvalue weighted by molar-refractivity contribution is 0.242. The molecule has 2 unspecified atom stereocenters. The van der Waals surface area contributed by atoms with E-state index in [0.717, 1.165) is 29.3 Å². The summed E-state index contributed by atoms with van der Waals surface area (Å²) in [6, 6.07) is 2.81. The molecule has 1 aromatic heterocycles. The first kappa shape index (κ1) is 14.0. The van der Waals surface area contributed by atoms with E-state index < -0.39 is 0 Å². The van der Waals surface area contributed by atoms with E-state index in [1.54, 1.807) is 11.8 Å². The number of nitrogens with one attached hydrogen (secondary N) is 1. The summed E-state index contributed by atoms with van der Waals surface area (Å²) in [5.41, 5.74) is 0. The van der Waals surface area contributed by atoms with Crippen molar-refractivity contribution in [2.24, 2.45) is 5.92 Å². The van der Waals surface area contributed by atoms with E-state index in [4.69, 9.17) is 4.98 Å². The van der Waals surface area contributed by atoms with Gasteiger partial charge in [-0.15, -0.1) is 0 Å². The molecule has 1 aliphatic carbocycles. The van der Waals surface area contributed by atoms with Gasteiger partial charge in [-0.05, 0) is 37.9 Å². The number of fused-ring (bicyclic) bond motifs is 1. The standard InChI is InChI=1S/C15H24N4S/c1-16-13-10-14(18-15(17-13)20-2)19-9-5-7-11-6-3-4-8-12(11)19/h10-12H,3-9H2,1-2H3,(H,16,17,18). The van der Waals surface area contributed by atoms with Crippen LogP contribution in [-0.2, 0) is 0 Å². The van der Waals surface area contributed by atoms with Crippen LogP contribution in [0.5, 0.6) is 0 Å². The van der Waals surface area contributed by atoms with Crippen molar-refractivity contribution in [3.8, 4) is 0 Å². The Bertz CT molecular complexity index is 441. The zero-order valence-corrected chi connectivity index (χ0v) is 13.2. The Morgan fingerprint density at radius 1 is 1.20 bits per heavy atom. The Hall–Kier alpha value is -0.970. The maximum atomic E-state index is 4.75. The molecule has 0 amide bonds. The molecule has 2 heterocycles. The van der Waals surface area contributed by atoms with Crippen LogP contribution in [0.1, 0.15) is 38.5 Å². The number of piperidine rings is 1. The van der Waals surface area contributed by atoms with Gasteiger partial charge < -0.3 is 10.2 Å². The maximum absolute atomic E-state index is 4.75. The van der Waals surface area contributed by atoms with Gasteiger partial charge in [-0.1, -0.05) is 24.6 Å². The van der Waals surface area contributed by atoms with E-state index in [1.807, 2.05) is 13.3 Å². The highest BCUT2D eigenvalue weighted by molar-refractivity contribution is 7.98. The molecule has 1 saturated carbocycles. The fourth-order valence-corrected chi connectivity index (χ4v) is 4.06. The van der Waals surface area contributed by atoms with Crippen molar-refractivity contribution in [2.75, 3.05) is 30.1 Å². The Labute approximate surface area is 125 Å². The van der Waals surface area contributed by atoms with Crippen molar-refractivity contribution >= 4 is 23.4 Å². The van der Waals surface area contributed by atoms with Crippen LogP contribution in [0.25, 0.3) is 0 Å². The molecule has 3 rings (SSSR count). The molecule has 20 heavy (non-hydrogen) atoms. The van der Waals surface area contributed by atoms with E-state index in [9.17, 15) is 0 Å². The molecule has 1 N–H and O–H groups in total. The summed E-state index contributed by atoms with van der Waals surface area (Å²) < 4.78 is 0. The third-order valence-corrected chi connectivity index (χ3v) is 5.22. The van der Waals surface area contributed by atoms with Crippen LogP contribution in [0.15, 0.2) is 11.2 Å². The fourth-order valence-electron chi connectivity index (χ4n) is 3.69. The second-order valence-corrected chi connectivity index (χ2v) is 6.57. The molecule has 110 valence electrons. The predicted octanol–water partition coefficient (Wildman–Crippen LogP) is 3.40. The molecule has 0 aromatic carbocycles. The first-order valence-electron chi connectivity index (χ1n) is 7.69. The summed E-state index contributed by atoms with van der Waals surface area (Å²) in [4.78, 5) is 11.8. The normalized spacial score (nSPS) is 26.2. The number of aromatic nitrogens is 2. The summed E-state index contributed by atoms with van der Waals surface area (Å²) in [7, 11) is 1.93. The van der Waals surface area contributed by atoms with E-state index in [0.29, 0.717) is 6.04 Å². The summed E-state index contributed by atoms with van der Waals surface area (Å²) in [5.74, 6) is 2.92. The van der Waals surface area contributed by atoms with Crippen molar-refractivity contribution in [2.45, 2.75) is 49.7 Å². The van der Waals surface area contributed by atoms with E-state index in [2.05, 4.69) is 21.3 Å². The second-order valence-electron chi connectivity index (χ2n) is 5.80. The zero-order chi connectivity index (χ0) is 13.9. The number of hydrogen-bond donors (Lipinski definition) is 1. The van der Waals surface area contributed by atoms with Crippen molar-refractivity contribution in [1.29, 1.82) is 0 Å². The molecule has 2 aliphatic rings. The Kier molecular flexibility index (Phi) is 4.34. The van der Waals surface area contributed by atoms with Gasteiger partial charge in [0.05, 0.1) is 0 Å². The fraction of sp³-hybridized carbons (Fsp3) is 0.733. The van der Waals surface area contributed by atoms with Crippen molar-refractivity contribution in [1.82, 2.24) is 9.97 Å². The maximum Gasteiger partial charge on any atom is 0.191 e. The monoisotopic (exact) mass is 292 g/mol. The van der Waals surface area contributed by atoms with Gasteiger partial charge in [0.25, 0.3) is 0 Å². The molecule has 0 spiro atoms. The number of anilines is 2. The lowest BCUT2D eigenvalue weighted by Gasteiger charge is -2.44. The Morgan fingerprint density at radius 3 is 2.80 bits per heavy atom. The van der Waals surface area contributed by atoms with Gasteiger partial charge in [0.1, 0.15) is 11.6 Å². The van der Waals surface area contributed by atoms with Gasteiger partial charge in [-0.3, -0.25) is 0 Å². The molecule has 1 aliphatic heterocycles. The first-order chi connectivity index (χ1) is 9.81. The molecule has 2 atom stereocenters. The van der Waals surface area contributed by atoms with Gasteiger partial charge >= 0.3 is 0 Å². The third-order valence-electron chi connectivity index (χ3n) is 4.67. The minimum atomic E-state index is 0.701. The summed E-state index contributed by atoms with van der Waals surface area (Å²) in [5, 5.41) is 4.03. The first-order valence-corrected chi connectivity index (χ1v) is 8.92. The minimum Gasteiger partial charge on any atom is -0.373 e. The average Bonchev–Trinajstić information content (AvgIpc) is 2.53. The van der Waals surface area contributed by atoms with Crippen molar-refractivity contribution in [3.05, 3.63) is 6.07 Å². The molecule has 2 fully saturated rings. The van der Waals surface area contributed by atoms with Crippen LogP contribution in [0.3, 0.4) is 0 Å². The van der Waals surface area contributed by atoms with Crippen molar-refractivity contribution < 1.29 is 0 Å². The minimum absolute atomic E-state index is 0.701. The topological polar surface area (TPSA) is 41.0 Å². The van der Waals surface area contributed by atoms with Crippen LogP contribution in [-0.4, -0.2) is 35.9 Å². The highest BCUT2D eigenvalue weighted by atomic mass is 32.2. The van der Waals surface area contributed by atoms with E-state index in [1.165, 1.54) is 38.5 Å². The Balaban J connectivity index is 1.90. The second kappa shape index (κ2) is 6.20. The molecule has 0 bridgehead atoms. The van der Waals surface area contributed by atoms with Gasteiger partial charge in [-0.2, -0.15) is 0 Å². The van der Waals surface area contributed by atoms with Crippen LogP contribution in [0.2, 0.25) is 0 Å². The summed E-state index contributed by atoms with van der Waals surface area (Å²) in [6.07, 6.45) is 10.3. The van der Waals surface area contributed by atoms with Gasteiger partial charge in [0, 0.05) is 25.7 Å². The lowest BCUT2D eigenvalue weighted by atomic mass is 9.78. The molecule has 1 aromatic rings. The molecule has 5 heteroatoms. The molecule has 1 saturated heterocycles. The highest BCUT2D eigenvalue weighted by Crippen LogP contribution is 2.37. The largest absolute Gasteiger partial charge is 0.373 e. The summed E-state index contributed by atoms with van der Waals surface area (Å²) in [6.45, 7) is 1.15. The van der Waals surface area contributed by atoms with E-state index in [-0.39, 0.29) is 0 Å². The number of thioether (sulfide) groups is 1. The number of rotatable bonds is 3. The lowest BCUT2D eigenvalue weighted by Crippen LogP contribution is -2.47. The average molecular weight is 292 g/mol. The van der Waals surface area contributed by atoms with Crippen LogP contribution < -0.4 is 10.2 Å². The molecule has 4 nitrogen and oxygen atoms in total. The predicted molar refractivity (Wildman–Crippen MR) is 85.7 cm³/mol. The molecule has 0 radical (unpaired) electrons. The quantitative estimate of drug-likeness (QED) is 0.683. The Morgan fingerprint density at radius 2 is 2.00 bits per heavy atom. The van der Waals surface area contributed by atoms with Crippen LogP contribution in [0, 0.1) is 5.92 Å². The highest BCUT2D eigenvalue weighted by Gasteiger charge is 2.34. The van der Waals surface area contributed by atoms with E-state index >= 15 is 0 Å². The SMILES string of the molecule is CNc1cc(N2CCCC3CCCCC32)nc(SC)n1. The summed E-state index contributed by atoms with van der Waals surface area (Å²) >= 11 is 1.62. The van der Waals surface area contributed by atoms with Crippen LogP contribution >= 0.6 is 11.8 Å². The number of nitrogens with zero attached hydrogens (tertiary/aromatic N) is 3. The van der Waals surface area contributed by atoms with Crippen molar-refractivity contribution in [3.63, 3.8) is 0 Å². The molecular formula is C15H24N4S. The van der Waals surface area contributed by atoms with Crippen LogP contribution in [0.4, 0.5) is 11.6 Å². The van der Waals surface area contributed by atoms with Gasteiger partial charge in [0.2, 0.25) is 0 Å².